The smallest absolute Gasteiger partial charge is 0.130 e. The highest BCUT2D eigenvalue weighted by Gasteiger charge is 2.34. The van der Waals surface area contributed by atoms with E-state index in [1.54, 1.807) is 0 Å². The van der Waals surface area contributed by atoms with Gasteiger partial charge >= 0.3 is 0 Å². The van der Waals surface area contributed by atoms with E-state index in [0.29, 0.717) is 6.54 Å². The topological polar surface area (TPSA) is 56.3 Å². The minimum absolute atomic E-state index is 0.00182. The first-order chi connectivity index (χ1) is 8.47. The molecule has 0 unspecified atom stereocenters. The Morgan fingerprint density at radius 1 is 1.44 bits per heavy atom. The minimum atomic E-state index is 0.00182. The highest BCUT2D eigenvalue weighted by Crippen LogP contribution is 2.31. The molecule has 0 radical (unpaired) electrons. The second kappa shape index (κ2) is 4.90. The predicted octanol–water partition coefficient (Wildman–Crippen LogP) is 0.845. The highest BCUT2D eigenvalue weighted by molar-refractivity contribution is 5.52. The van der Waals surface area contributed by atoms with Gasteiger partial charge in [-0.05, 0) is 33.7 Å². The molecule has 5 heteroatoms. The standard InChI is InChI=1S/C13H24N4O/c1-10-11(5-6-14)12(16(4)15-10)17-7-8-18-9-13(17,2)3/h5-9,14H2,1-4H3. The lowest BCUT2D eigenvalue weighted by atomic mass is 10.0. The molecule has 18 heavy (non-hydrogen) atoms. The lowest BCUT2D eigenvalue weighted by Crippen LogP contribution is -2.54. The van der Waals surface area contributed by atoms with Gasteiger partial charge in [-0.1, -0.05) is 0 Å². The fourth-order valence-corrected chi connectivity index (χ4v) is 2.72. The van der Waals surface area contributed by atoms with Crippen LogP contribution < -0.4 is 10.6 Å². The molecule has 1 fully saturated rings. The molecule has 1 aliphatic rings. The van der Waals surface area contributed by atoms with Crippen LogP contribution in [0.2, 0.25) is 0 Å². The van der Waals surface area contributed by atoms with Crippen LogP contribution in [-0.4, -0.2) is 41.6 Å². The Morgan fingerprint density at radius 2 is 2.17 bits per heavy atom. The molecule has 0 saturated carbocycles. The van der Waals surface area contributed by atoms with Crippen LogP contribution in [0.3, 0.4) is 0 Å². The van der Waals surface area contributed by atoms with E-state index in [1.807, 2.05) is 11.7 Å². The van der Waals surface area contributed by atoms with Gasteiger partial charge in [-0.15, -0.1) is 0 Å². The molecule has 1 aromatic rings. The Hall–Kier alpha value is -1.07. The normalized spacial score (nSPS) is 19.3. The van der Waals surface area contributed by atoms with Crippen molar-refractivity contribution in [3.05, 3.63) is 11.3 Å². The summed E-state index contributed by atoms with van der Waals surface area (Å²) in [5.41, 5.74) is 8.08. The van der Waals surface area contributed by atoms with Crippen molar-refractivity contribution >= 4 is 5.82 Å². The maximum absolute atomic E-state index is 5.72. The fraction of sp³-hybridized carbons (Fsp3) is 0.769. The lowest BCUT2D eigenvalue weighted by molar-refractivity contribution is 0.0633. The van der Waals surface area contributed by atoms with Crippen LogP contribution in [0.4, 0.5) is 5.82 Å². The molecule has 0 spiro atoms. The van der Waals surface area contributed by atoms with Crippen molar-refractivity contribution in [2.24, 2.45) is 12.8 Å². The number of nitrogens with two attached hydrogens (primary N) is 1. The Morgan fingerprint density at radius 3 is 2.78 bits per heavy atom. The number of hydrogen-bond donors (Lipinski definition) is 1. The van der Waals surface area contributed by atoms with Crippen LogP contribution in [0.25, 0.3) is 0 Å². The second-order valence-corrected chi connectivity index (χ2v) is 5.57. The lowest BCUT2D eigenvalue weighted by Gasteiger charge is -2.43. The van der Waals surface area contributed by atoms with Gasteiger partial charge in [-0.3, -0.25) is 4.68 Å². The van der Waals surface area contributed by atoms with Gasteiger partial charge in [0.15, 0.2) is 0 Å². The number of rotatable bonds is 3. The summed E-state index contributed by atoms with van der Waals surface area (Å²) in [6, 6.07) is 0. The maximum Gasteiger partial charge on any atom is 0.130 e. The van der Waals surface area contributed by atoms with E-state index in [0.717, 1.165) is 31.9 Å². The molecule has 0 aromatic carbocycles. The van der Waals surface area contributed by atoms with Crippen LogP contribution >= 0.6 is 0 Å². The average molecular weight is 252 g/mol. The molecule has 1 aromatic heterocycles. The van der Waals surface area contributed by atoms with E-state index >= 15 is 0 Å². The molecular formula is C13H24N4O. The van der Waals surface area contributed by atoms with Crippen LogP contribution in [-0.2, 0) is 18.2 Å². The zero-order valence-corrected chi connectivity index (χ0v) is 11.9. The Kier molecular flexibility index (Phi) is 3.64. The fourth-order valence-electron chi connectivity index (χ4n) is 2.72. The molecule has 1 saturated heterocycles. The first-order valence-corrected chi connectivity index (χ1v) is 6.55. The monoisotopic (exact) mass is 252 g/mol. The summed E-state index contributed by atoms with van der Waals surface area (Å²) >= 11 is 0. The molecule has 0 atom stereocenters. The number of morpholine rings is 1. The number of ether oxygens (including phenoxy) is 1. The molecule has 5 nitrogen and oxygen atoms in total. The predicted molar refractivity (Wildman–Crippen MR) is 72.9 cm³/mol. The molecule has 2 N–H and O–H groups in total. The molecule has 0 bridgehead atoms. The number of hydrogen-bond acceptors (Lipinski definition) is 4. The summed E-state index contributed by atoms with van der Waals surface area (Å²) < 4.78 is 7.57. The minimum Gasteiger partial charge on any atom is -0.377 e. The van der Waals surface area contributed by atoms with Gasteiger partial charge in [0.05, 0.1) is 24.4 Å². The molecule has 102 valence electrons. The number of anilines is 1. The Labute approximate surface area is 109 Å². The summed E-state index contributed by atoms with van der Waals surface area (Å²) in [5, 5.41) is 4.55. The molecule has 2 rings (SSSR count). The van der Waals surface area contributed by atoms with Gasteiger partial charge in [0, 0.05) is 19.2 Å². The molecule has 0 amide bonds. The Bertz CT molecular complexity index is 425. The summed E-state index contributed by atoms with van der Waals surface area (Å²) in [6.07, 6.45) is 0.877. The van der Waals surface area contributed by atoms with E-state index in [-0.39, 0.29) is 5.54 Å². The van der Waals surface area contributed by atoms with Gasteiger partial charge in [0.25, 0.3) is 0 Å². The average Bonchev–Trinajstić information content (AvgIpc) is 2.55. The third kappa shape index (κ3) is 2.24. The number of nitrogens with zero attached hydrogens (tertiary/aromatic N) is 3. The zero-order valence-electron chi connectivity index (χ0n) is 11.9. The quantitative estimate of drug-likeness (QED) is 0.866. The van der Waals surface area contributed by atoms with E-state index in [2.05, 4.69) is 30.8 Å². The van der Waals surface area contributed by atoms with Crippen LogP contribution in [0.5, 0.6) is 0 Å². The van der Waals surface area contributed by atoms with Crippen LogP contribution in [0.15, 0.2) is 0 Å². The van der Waals surface area contributed by atoms with Gasteiger partial charge in [-0.2, -0.15) is 5.10 Å². The van der Waals surface area contributed by atoms with Crippen molar-refractivity contribution in [2.75, 3.05) is 31.2 Å². The van der Waals surface area contributed by atoms with Crippen molar-refractivity contribution in [3.8, 4) is 0 Å². The van der Waals surface area contributed by atoms with Gasteiger partial charge in [0.2, 0.25) is 0 Å². The van der Waals surface area contributed by atoms with Crippen LogP contribution in [0, 0.1) is 6.92 Å². The molecule has 1 aliphatic heterocycles. The van der Waals surface area contributed by atoms with E-state index in [9.17, 15) is 0 Å². The van der Waals surface area contributed by atoms with Gasteiger partial charge < -0.3 is 15.4 Å². The first kappa shape index (κ1) is 13.4. The van der Waals surface area contributed by atoms with Crippen molar-refractivity contribution < 1.29 is 4.74 Å². The summed E-state index contributed by atoms with van der Waals surface area (Å²) in [7, 11) is 2.01. The third-order valence-corrected chi connectivity index (χ3v) is 3.61. The zero-order chi connectivity index (χ0) is 13.3. The van der Waals surface area contributed by atoms with E-state index < -0.39 is 0 Å². The third-order valence-electron chi connectivity index (χ3n) is 3.61. The van der Waals surface area contributed by atoms with Crippen molar-refractivity contribution in [1.82, 2.24) is 9.78 Å². The number of aryl methyl sites for hydroxylation is 2. The summed E-state index contributed by atoms with van der Waals surface area (Å²) in [5.74, 6) is 1.20. The molecule has 0 aliphatic carbocycles. The van der Waals surface area contributed by atoms with Gasteiger partial charge in [-0.25, -0.2) is 0 Å². The van der Waals surface area contributed by atoms with E-state index in [4.69, 9.17) is 10.5 Å². The van der Waals surface area contributed by atoms with E-state index in [1.165, 1.54) is 11.4 Å². The summed E-state index contributed by atoms with van der Waals surface area (Å²) in [6.45, 7) is 9.56. The number of aromatic nitrogens is 2. The maximum atomic E-state index is 5.72. The van der Waals surface area contributed by atoms with Crippen molar-refractivity contribution in [1.29, 1.82) is 0 Å². The molecule has 2 heterocycles. The van der Waals surface area contributed by atoms with Crippen LogP contribution in [0.1, 0.15) is 25.1 Å². The summed E-state index contributed by atoms with van der Waals surface area (Å²) in [4.78, 5) is 2.40. The SMILES string of the molecule is Cc1nn(C)c(N2CCOCC2(C)C)c1CCN. The largest absolute Gasteiger partial charge is 0.377 e. The molecular weight excluding hydrogens is 228 g/mol. The first-order valence-electron chi connectivity index (χ1n) is 6.55. The van der Waals surface area contributed by atoms with Crippen molar-refractivity contribution in [2.45, 2.75) is 32.7 Å². The van der Waals surface area contributed by atoms with Gasteiger partial charge in [0.1, 0.15) is 5.82 Å². The Balaban J connectivity index is 2.42. The second-order valence-electron chi connectivity index (χ2n) is 5.57. The highest BCUT2D eigenvalue weighted by atomic mass is 16.5. The van der Waals surface area contributed by atoms with Crippen molar-refractivity contribution in [3.63, 3.8) is 0 Å².